The van der Waals surface area contributed by atoms with Crippen LogP contribution in [0.5, 0.6) is 0 Å². The topological polar surface area (TPSA) is 57.7 Å². The first-order valence-electron chi connectivity index (χ1n) is 8.36. The van der Waals surface area contributed by atoms with E-state index >= 15 is 0 Å². The van der Waals surface area contributed by atoms with Gasteiger partial charge in [-0.2, -0.15) is 0 Å². The second-order valence-corrected chi connectivity index (χ2v) is 8.90. The van der Waals surface area contributed by atoms with Crippen molar-refractivity contribution in [2.45, 2.75) is 32.4 Å². The second kappa shape index (κ2) is 6.93. The lowest BCUT2D eigenvalue weighted by Gasteiger charge is -2.33. The normalized spacial score (nSPS) is 17.7. The van der Waals surface area contributed by atoms with Gasteiger partial charge in [0, 0.05) is 16.8 Å². The smallest absolute Gasteiger partial charge is 0.250 e. The SMILES string of the molecule is C[C@@H]1Cc2ccccc2N1C(=O)[C@@H](C)N(c1cccc(Cl)c1)S(C)(=O)=O. The zero-order valence-electron chi connectivity index (χ0n) is 14.9. The van der Waals surface area contributed by atoms with E-state index in [0.717, 1.165) is 28.2 Å². The molecule has 2 aromatic rings. The van der Waals surface area contributed by atoms with Crippen molar-refractivity contribution in [2.24, 2.45) is 0 Å². The molecule has 0 saturated heterocycles. The standard InChI is InChI=1S/C19H21ClN2O3S/c1-13-11-15-7-4-5-10-18(15)21(13)19(23)14(2)22(26(3,24)25)17-9-6-8-16(20)12-17/h4-10,12-14H,11H2,1-3H3/t13-,14-/m1/s1. The van der Waals surface area contributed by atoms with Gasteiger partial charge in [0.2, 0.25) is 10.0 Å². The molecule has 1 amide bonds. The molecule has 26 heavy (non-hydrogen) atoms. The zero-order chi connectivity index (χ0) is 19.1. The number of anilines is 2. The van der Waals surface area contributed by atoms with E-state index in [4.69, 9.17) is 11.6 Å². The van der Waals surface area contributed by atoms with Crippen LogP contribution in [0.4, 0.5) is 11.4 Å². The highest BCUT2D eigenvalue weighted by Crippen LogP contribution is 2.34. The maximum atomic E-state index is 13.3. The van der Waals surface area contributed by atoms with Crippen LogP contribution in [0.25, 0.3) is 0 Å². The number of hydrogen-bond donors (Lipinski definition) is 0. The molecule has 1 aliphatic rings. The van der Waals surface area contributed by atoms with Crippen LogP contribution in [0.1, 0.15) is 19.4 Å². The first-order chi connectivity index (χ1) is 12.2. The molecule has 5 nitrogen and oxygen atoms in total. The van der Waals surface area contributed by atoms with Crippen molar-refractivity contribution < 1.29 is 13.2 Å². The number of carbonyl (C=O) groups is 1. The van der Waals surface area contributed by atoms with E-state index in [-0.39, 0.29) is 11.9 Å². The molecule has 1 heterocycles. The Bertz CT molecular complexity index is 945. The first kappa shape index (κ1) is 18.7. The number of carbonyl (C=O) groups excluding carboxylic acids is 1. The third-order valence-electron chi connectivity index (χ3n) is 4.57. The lowest BCUT2D eigenvalue weighted by atomic mass is 10.1. The number of halogens is 1. The monoisotopic (exact) mass is 392 g/mol. The summed E-state index contributed by atoms with van der Waals surface area (Å²) in [6.07, 6.45) is 1.85. The van der Waals surface area contributed by atoms with Gasteiger partial charge in [0.25, 0.3) is 5.91 Å². The lowest BCUT2D eigenvalue weighted by molar-refractivity contribution is -0.119. The molecule has 0 unspecified atom stereocenters. The van der Waals surface area contributed by atoms with Crippen LogP contribution in [-0.4, -0.2) is 32.7 Å². The van der Waals surface area contributed by atoms with E-state index in [2.05, 4.69) is 0 Å². The van der Waals surface area contributed by atoms with Gasteiger partial charge in [-0.15, -0.1) is 0 Å². The van der Waals surface area contributed by atoms with Crippen molar-refractivity contribution in [3.05, 3.63) is 59.1 Å². The Morgan fingerprint density at radius 2 is 1.92 bits per heavy atom. The summed E-state index contributed by atoms with van der Waals surface area (Å²) in [6, 6.07) is 13.3. The average molecular weight is 393 g/mol. The first-order valence-corrected chi connectivity index (χ1v) is 10.6. The van der Waals surface area contributed by atoms with Crippen molar-refractivity contribution >= 4 is 38.9 Å². The molecule has 0 fully saturated rings. The van der Waals surface area contributed by atoms with Crippen LogP contribution in [0.3, 0.4) is 0 Å². The minimum atomic E-state index is -3.68. The van der Waals surface area contributed by atoms with E-state index in [1.807, 2.05) is 31.2 Å². The van der Waals surface area contributed by atoms with Crippen LogP contribution in [-0.2, 0) is 21.2 Å². The Balaban J connectivity index is 2.00. The predicted molar refractivity (Wildman–Crippen MR) is 105 cm³/mol. The quantitative estimate of drug-likeness (QED) is 0.800. The van der Waals surface area contributed by atoms with Crippen molar-refractivity contribution in [2.75, 3.05) is 15.5 Å². The minimum absolute atomic E-state index is 0.0249. The predicted octanol–water partition coefficient (Wildman–Crippen LogP) is 3.47. The Morgan fingerprint density at radius 1 is 1.23 bits per heavy atom. The molecule has 0 spiro atoms. The van der Waals surface area contributed by atoms with E-state index in [1.54, 1.807) is 36.1 Å². The maximum absolute atomic E-state index is 13.3. The summed E-state index contributed by atoms with van der Waals surface area (Å²) in [5.41, 5.74) is 2.31. The Kier molecular flexibility index (Phi) is 4.99. The summed E-state index contributed by atoms with van der Waals surface area (Å²) in [6.45, 7) is 3.58. The highest BCUT2D eigenvalue weighted by molar-refractivity contribution is 7.92. The number of rotatable bonds is 4. The molecular weight excluding hydrogens is 372 g/mol. The van der Waals surface area contributed by atoms with Gasteiger partial charge < -0.3 is 4.90 Å². The number of amides is 1. The van der Waals surface area contributed by atoms with Gasteiger partial charge in [-0.25, -0.2) is 8.42 Å². The summed E-state index contributed by atoms with van der Waals surface area (Å²) < 4.78 is 26.0. The molecule has 7 heteroatoms. The highest BCUT2D eigenvalue weighted by Gasteiger charge is 2.37. The Labute approximate surface area is 159 Å². The van der Waals surface area contributed by atoms with E-state index < -0.39 is 16.1 Å². The molecule has 0 radical (unpaired) electrons. The molecule has 1 aliphatic heterocycles. The van der Waals surface area contributed by atoms with Crippen LogP contribution in [0.2, 0.25) is 5.02 Å². The van der Waals surface area contributed by atoms with Gasteiger partial charge in [0.05, 0.1) is 11.9 Å². The summed E-state index contributed by atoms with van der Waals surface area (Å²) in [5.74, 6) is -0.257. The number of sulfonamides is 1. The third-order valence-corrected chi connectivity index (χ3v) is 6.05. The van der Waals surface area contributed by atoms with Crippen molar-refractivity contribution in [3.63, 3.8) is 0 Å². The number of fused-ring (bicyclic) bond motifs is 1. The van der Waals surface area contributed by atoms with Gasteiger partial charge in [-0.3, -0.25) is 9.10 Å². The molecule has 0 aliphatic carbocycles. The van der Waals surface area contributed by atoms with E-state index in [0.29, 0.717) is 10.7 Å². The van der Waals surface area contributed by atoms with Crippen LogP contribution in [0.15, 0.2) is 48.5 Å². The fourth-order valence-corrected chi connectivity index (χ4v) is 4.86. The zero-order valence-corrected chi connectivity index (χ0v) is 16.5. The molecule has 2 aromatic carbocycles. The largest absolute Gasteiger partial charge is 0.307 e. The molecule has 3 rings (SSSR count). The Morgan fingerprint density at radius 3 is 2.58 bits per heavy atom. The van der Waals surface area contributed by atoms with Crippen LogP contribution < -0.4 is 9.21 Å². The van der Waals surface area contributed by atoms with Gasteiger partial charge >= 0.3 is 0 Å². The highest BCUT2D eigenvalue weighted by atomic mass is 35.5. The molecular formula is C19H21ClN2O3S. The summed E-state index contributed by atoms with van der Waals surface area (Å²) >= 11 is 6.02. The lowest BCUT2D eigenvalue weighted by Crippen LogP contribution is -2.51. The maximum Gasteiger partial charge on any atom is 0.250 e. The second-order valence-electron chi connectivity index (χ2n) is 6.60. The number of hydrogen-bond acceptors (Lipinski definition) is 3. The molecule has 0 aromatic heterocycles. The van der Waals surface area contributed by atoms with Gasteiger partial charge in [-0.05, 0) is 50.1 Å². The van der Waals surface area contributed by atoms with E-state index in [9.17, 15) is 13.2 Å². The fraction of sp³-hybridized carbons (Fsp3) is 0.316. The minimum Gasteiger partial charge on any atom is -0.307 e. The van der Waals surface area contributed by atoms with E-state index in [1.165, 1.54) is 0 Å². The number of nitrogens with zero attached hydrogens (tertiary/aromatic N) is 2. The molecule has 138 valence electrons. The Hall–Kier alpha value is -2.05. The molecule has 2 atom stereocenters. The number of para-hydroxylation sites is 1. The van der Waals surface area contributed by atoms with Crippen LogP contribution >= 0.6 is 11.6 Å². The molecule has 0 saturated carbocycles. The fourth-order valence-electron chi connectivity index (χ4n) is 3.52. The van der Waals surface area contributed by atoms with Gasteiger partial charge in [-0.1, -0.05) is 35.9 Å². The summed E-state index contributed by atoms with van der Waals surface area (Å²) in [7, 11) is -3.68. The third kappa shape index (κ3) is 3.44. The molecule has 0 bridgehead atoms. The van der Waals surface area contributed by atoms with Crippen molar-refractivity contribution in [3.8, 4) is 0 Å². The van der Waals surface area contributed by atoms with Crippen molar-refractivity contribution in [1.82, 2.24) is 0 Å². The molecule has 0 N–H and O–H groups in total. The van der Waals surface area contributed by atoms with Crippen molar-refractivity contribution in [1.29, 1.82) is 0 Å². The summed E-state index contributed by atoms with van der Waals surface area (Å²) in [4.78, 5) is 14.9. The van der Waals surface area contributed by atoms with Crippen LogP contribution in [0, 0.1) is 0 Å². The van der Waals surface area contributed by atoms with Gasteiger partial charge in [0.15, 0.2) is 0 Å². The average Bonchev–Trinajstić information content (AvgIpc) is 2.88. The van der Waals surface area contributed by atoms with Gasteiger partial charge in [0.1, 0.15) is 6.04 Å². The summed E-state index contributed by atoms with van der Waals surface area (Å²) in [5, 5.41) is 0.413. The number of benzene rings is 2.